The lowest BCUT2D eigenvalue weighted by Gasteiger charge is -2.37. The van der Waals surface area contributed by atoms with E-state index in [0.717, 1.165) is 77.1 Å². The van der Waals surface area contributed by atoms with Crippen LogP contribution in [0.25, 0.3) is 16.5 Å². The molecule has 4 nitrogen and oxygen atoms in total. The summed E-state index contributed by atoms with van der Waals surface area (Å²) >= 11 is 0. The number of benzene rings is 2. The molecular weight excluding hydrogens is 461 g/mol. The molecule has 1 fully saturated rings. The van der Waals surface area contributed by atoms with Crippen LogP contribution < -0.4 is 4.74 Å². The van der Waals surface area contributed by atoms with Gasteiger partial charge in [0, 0.05) is 53.3 Å². The van der Waals surface area contributed by atoms with Crippen LogP contribution in [0.1, 0.15) is 37.9 Å². The third-order valence-corrected chi connectivity index (χ3v) is 7.43. The second-order valence-corrected chi connectivity index (χ2v) is 10.2. The number of likely N-dealkylation sites (tertiary alicyclic amines) is 1. The quantitative estimate of drug-likeness (QED) is 0.345. The van der Waals surface area contributed by atoms with Crippen LogP contribution >= 0.6 is 0 Å². The first kappa shape index (κ1) is 25.0. The predicted molar refractivity (Wildman–Crippen MR) is 148 cm³/mol. The van der Waals surface area contributed by atoms with E-state index in [0.29, 0.717) is 12.5 Å². The van der Waals surface area contributed by atoms with Crippen molar-refractivity contribution in [1.29, 1.82) is 5.26 Å². The number of allylic oxidation sites excluding steroid dienone is 5. The number of ether oxygens (including phenoxy) is 1. The highest BCUT2D eigenvalue weighted by Gasteiger charge is 2.26. The topological polar surface area (TPSA) is 52.0 Å². The molecule has 1 aliphatic heterocycles. The summed E-state index contributed by atoms with van der Waals surface area (Å²) in [5, 5.41) is 11.1. The zero-order valence-electron chi connectivity index (χ0n) is 21.6. The number of nitriles is 1. The highest BCUT2D eigenvalue weighted by Crippen LogP contribution is 2.38. The Labute approximate surface area is 218 Å². The van der Waals surface area contributed by atoms with Crippen molar-refractivity contribution < 1.29 is 9.13 Å². The van der Waals surface area contributed by atoms with E-state index in [1.807, 2.05) is 18.2 Å². The van der Waals surface area contributed by atoms with Gasteiger partial charge in [-0.25, -0.2) is 0 Å². The Morgan fingerprint density at radius 1 is 1.16 bits per heavy atom. The molecule has 190 valence electrons. The number of fused-ring (bicyclic) bond motifs is 1. The number of aromatic amines is 1. The molecule has 2 heterocycles. The number of nitrogens with zero attached hydrogens (tertiary/aromatic N) is 2. The third-order valence-electron chi connectivity index (χ3n) is 7.43. The summed E-state index contributed by atoms with van der Waals surface area (Å²) in [6, 6.07) is 21.2. The molecule has 1 aliphatic carbocycles. The van der Waals surface area contributed by atoms with Crippen LogP contribution in [0.2, 0.25) is 0 Å². The minimum atomic E-state index is -0.230. The molecule has 0 bridgehead atoms. The average Bonchev–Trinajstić information content (AvgIpc) is 3.33. The Morgan fingerprint density at radius 3 is 2.65 bits per heavy atom. The van der Waals surface area contributed by atoms with Gasteiger partial charge in [-0.15, -0.1) is 0 Å². The smallest absolute Gasteiger partial charge is 0.119 e. The van der Waals surface area contributed by atoms with E-state index in [4.69, 9.17) is 4.74 Å². The molecule has 1 unspecified atom stereocenters. The van der Waals surface area contributed by atoms with Crippen molar-refractivity contribution in [1.82, 2.24) is 9.88 Å². The summed E-state index contributed by atoms with van der Waals surface area (Å²) < 4.78 is 18.7. The molecule has 1 N–H and O–H groups in total. The molecule has 0 radical (unpaired) electrons. The second kappa shape index (κ2) is 11.2. The molecule has 0 amide bonds. The zero-order chi connectivity index (χ0) is 25.8. The Hall–Kier alpha value is -3.62. The number of H-pyrrole nitrogens is 1. The van der Waals surface area contributed by atoms with E-state index in [9.17, 15) is 9.65 Å². The van der Waals surface area contributed by atoms with E-state index in [1.165, 1.54) is 5.57 Å². The second-order valence-electron chi connectivity index (χ2n) is 10.2. The first-order chi connectivity index (χ1) is 18.1. The lowest BCUT2D eigenvalue weighted by Crippen LogP contribution is -2.49. The lowest BCUT2D eigenvalue weighted by molar-refractivity contribution is 0.0668. The maximum Gasteiger partial charge on any atom is 0.119 e. The Balaban J connectivity index is 1.48. The molecule has 2 aliphatic rings. The molecule has 37 heavy (non-hydrogen) atoms. The first-order valence-corrected chi connectivity index (χ1v) is 13.2. The van der Waals surface area contributed by atoms with Crippen LogP contribution in [0.3, 0.4) is 0 Å². The van der Waals surface area contributed by atoms with Crippen molar-refractivity contribution in [3.63, 3.8) is 0 Å². The van der Waals surface area contributed by atoms with Gasteiger partial charge in [0.2, 0.25) is 0 Å². The summed E-state index contributed by atoms with van der Waals surface area (Å²) in [5.74, 6) is 1.38. The molecule has 0 spiro atoms. The largest absolute Gasteiger partial charge is 0.492 e. The Kier molecular flexibility index (Phi) is 7.58. The van der Waals surface area contributed by atoms with E-state index in [1.54, 1.807) is 0 Å². The number of para-hydroxylation sites is 1. The predicted octanol–water partition coefficient (Wildman–Crippen LogP) is 7.08. The van der Waals surface area contributed by atoms with Gasteiger partial charge in [0.05, 0.1) is 12.7 Å². The van der Waals surface area contributed by atoms with E-state index in [-0.39, 0.29) is 12.6 Å². The molecule has 5 rings (SSSR count). The van der Waals surface area contributed by atoms with Gasteiger partial charge < -0.3 is 9.72 Å². The average molecular weight is 496 g/mol. The van der Waals surface area contributed by atoms with Crippen molar-refractivity contribution in [2.24, 2.45) is 11.8 Å². The fourth-order valence-electron chi connectivity index (χ4n) is 5.42. The van der Waals surface area contributed by atoms with Gasteiger partial charge in [-0.2, -0.15) is 5.26 Å². The number of rotatable bonds is 9. The molecule has 2 aromatic carbocycles. The number of alkyl halides is 1. The SMILES string of the molecule is CC/C(C1=C(C#N)CC(C)C=C1)=C(/c1ccc(OCCN2CC(CF)C2)cc1)c1cc2ccccc2[nH]1. The summed E-state index contributed by atoms with van der Waals surface area (Å²) in [5.41, 5.74) is 7.39. The Morgan fingerprint density at radius 2 is 1.95 bits per heavy atom. The molecular formula is C32H34FN3O. The van der Waals surface area contributed by atoms with Gasteiger partial charge in [0.1, 0.15) is 12.4 Å². The first-order valence-electron chi connectivity index (χ1n) is 13.2. The summed E-state index contributed by atoms with van der Waals surface area (Å²) in [7, 11) is 0. The van der Waals surface area contributed by atoms with E-state index < -0.39 is 0 Å². The maximum atomic E-state index is 12.7. The number of nitrogens with one attached hydrogen (secondary N) is 1. The normalized spacial score (nSPS) is 19.0. The molecule has 1 aromatic heterocycles. The van der Waals surface area contributed by atoms with Crippen molar-refractivity contribution >= 4 is 16.5 Å². The van der Waals surface area contributed by atoms with Gasteiger partial charge in [-0.1, -0.05) is 56.3 Å². The van der Waals surface area contributed by atoms with Crippen LogP contribution in [-0.2, 0) is 0 Å². The molecule has 5 heteroatoms. The van der Waals surface area contributed by atoms with Crippen molar-refractivity contribution in [3.8, 4) is 11.8 Å². The van der Waals surface area contributed by atoms with E-state index >= 15 is 0 Å². The molecule has 1 saturated heterocycles. The van der Waals surface area contributed by atoms with Crippen LogP contribution in [0.15, 0.2) is 83.5 Å². The number of aromatic nitrogens is 1. The minimum Gasteiger partial charge on any atom is -0.492 e. The van der Waals surface area contributed by atoms with Gasteiger partial charge in [0.15, 0.2) is 0 Å². The summed E-state index contributed by atoms with van der Waals surface area (Å²) in [6.07, 6.45) is 5.91. The van der Waals surface area contributed by atoms with Crippen LogP contribution in [-0.4, -0.2) is 42.8 Å². The lowest BCUT2D eigenvalue weighted by atomic mass is 9.83. The van der Waals surface area contributed by atoms with Gasteiger partial charge in [-0.3, -0.25) is 9.29 Å². The van der Waals surface area contributed by atoms with Gasteiger partial charge in [-0.05, 0) is 59.7 Å². The highest BCUT2D eigenvalue weighted by atomic mass is 19.1. The fourth-order valence-corrected chi connectivity index (χ4v) is 5.42. The van der Waals surface area contributed by atoms with E-state index in [2.05, 4.69) is 78.4 Å². The van der Waals surface area contributed by atoms with Crippen LogP contribution in [0, 0.1) is 23.2 Å². The van der Waals surface area contributed by atoms with Crippen molar-refractivity contribution in [3.05, 3.63) is 94.7 Å². The van der Waals surface area contributed by atoms with Crippen molar-refractivity contribution in [2.75, 3.05) is 32.9 Å². The molecule has 3 aromatic rings. The van der Waals surface area contributed by atoms with Crippen molar-refractivity contribution in [2.45, 2.75) is 26.7 Å². The van der Waals surface area contributed by atoms with Crippen LogP contribution in [0.4, 0.5) is 4.39 Å². The highest BCUT2D eigenvalue weighted by molar-refractivity contribution is 5.91. The standard InChI is InChI=1S/C32H34FN3O/c1-3-28(29-13-8-22(2)16-26(29)19-34)32(31-17-25-6-4-5-7-30(25)35-31)24-9-11-27(12-10-24)37-15-14-36-20-23(18-33)21-36/h4-13,17,22-23,35H,3,14-16,18,20-21H2,1-2H3/b32-28+. The minimum absolute atomic E-state index is 0.195. The van der Waals surface area contributed by atoms with Gasteiger partial charge in [0.25, 0.3) is 0 Å². The summed E-state index contributed by atoms with van der Waals surface area (Å²) in [6.45, 7) is 7.13. The zero-order valence-corrected chi connectivity index (χ0v) is 21.6. The maximum absolute atomic E-state index is 12.7. The number of hydrogen-bond acceptors (Lipinski definition) is 3. The van der Waals surface area contributed by atoms with Gasteiger partial charge >= 0.3 is 0 Å². The molecule has 0 saturated carbocycles. The molecule has 1 atom stereocenters. The fraction of sp³-hybridized carbons (Fsp3) is 0.344. The number of hydrogen-bond donors (Lipinski definition) is 1. The Bertz CT molecular complexity index is 1350. The number of halogens is 1. The monoisotopic (exact) mass is 495 g/mol. The van der Waals surface area contributed by atoms with Crippen LogP contribution in [0.5, 0.6) is 5.75 Å². The summed E-state index contributed by atoms with van der Waals surface area (Å²) in [4.78, 5) is 5.85. The third kappa shape index (κ3) is 5.40.